The molecule has 0 atom stereocenters. The smallest absolute Gasteiger partial charge is 0.341 e. The summed E-state index contributed by atoms with van der Waals surface area (Å²) in [4.78, 5) is 38.3. The zero-order valence-electron chi connectivity index (χ0n) is 18.8. The fourth-order valence-electron chi connectivity index (χ4n) is 2.97. The van der Waals surface area contributed by atoms with Gasteiger partial charge in [-0.15, -0.1) is 11.3 Å². The van der Waals surface area contributed by atoms with Crippen LogP contribution in [0.4, 0.5) is 10.7 Å². The van der Waals surface area contributed by atoms with Crippen molar-refractivity contribution in [2.24, 2.45) is 0 Å². The van der Waals surface area contributed by atoms with Gasteiger partial charge in [-0.05, 0) is 67.9 Å². The van der Waals surface area contributed by atoms with E-state index >= 15 is 0 Å². The van der Waals surface area contributed by atoms with Crippen LogP contribution < -0.4 is 20.1 Å². The van der Waals surface area contributed by atoms with Crippen molar-refractivity contribution in [1.82, 2.24) is 0 Å². The van der Waals surface area contributed by atoms with Crippen LogP contribution in [0.25, 0.3) is 0 Å². The summed E-state index contributed by atoms with van der Waals surface area (Å²) in [5, 5.41) is 6.17. The molecule has 0 bridgehead atoms. The van der Waals surface area contributed by atoms with E-state index in [0.717, 1.165) is 11.3 Å². The van der Waals surface area contributed by atoms with Crippen molar-refractivity contribution in [1.29, 1.82) is 0 Å². The maximum Gasteiger partial charge on any atom is 0.341 e. The van der Waals surface area contributed by atoms with Crippen molar-refractivity contribution in [2.75, 3.05) is 31.0 Å². The molecule has 0 saturated carbocycles. The van der Waals surface area contributed by atoms with E-state index in [-0.39, 0.29) is 28.7 Å². The average molecular weight is 503 g/mol. The number of anilines is 2. The highest BCUT2D eigenvalue weighted by molar-refractivity contribution is 7.19. The lowest BCUT2D eigenvalue weighted by Gasteiger charge is -2.09. The Balaban J connectivity index is 1.77. The van der Waals surface area contributed by atoms with Gasteiger partial charge in [-0.1, -0.05) is 11.6 Å². The number of esters is 1. The Kier molecular flexibility index (Phi) is 8.50. The van der Waals surface area contributed by atoms with Gasteiger partial charge in [-0.2, -0.15) is 0 Å². The minimum Gasteiger partial charge on any atom is -0.497 e. The van der Waals surface area contributed by atoms with E-state index in [4.69, 9.17) is 25.8 Å². The van der Waals surface area contributed by atoms with E-state index in [9.17, 15) is 14.4 Å². The fourth-order valence-corrected chi connectivity index (χ4v) is 4.20. The largest absolute Gasteiger partial charge is 0.497 e. The summed E-state index contributed by atoms with van der Waals surface area (Å²) in [6.45, 7) is 3.16. The Morgan fingerprint density at radius 1 is 0.971 bits per heavy atom. The summed E-state index contributed by atoms with van der Waals surface area (Å²) in [7, 11) is 1.55. The maximum absolute atomic E-state index is 12.9. The van der Waals surface area contributed by atoms with Gasteiger partial charge >= 0.3 is 5.97 Å². The Bertz CT molecular complexity index is 1180. The summed E-state index contributed by atoms with van der Waals surface area (Å²) in [5.74, 6) is -0.410. The molecule has 0 aliphatic rings. The number of carbonyl (C=O) groups is 3. The molecule has 2 N–H and O–H groups in total. The van der Waals surface area contributed by atoms with E-state index in [1.807, 2.05) is 0 Å². The Morgan fingerprint density at radius 3 is 2.24 bits per heavy atom. The quantitative estimate of drug-likeness (QED) is 0.391. The summed E-state index contributed by atoms with van der Waals surface area (Å²) in [6, 6.07) is 13.4. The Hall–Kier alpha value is -3.56. The van der Waals surface area contributed by atoms with Crippen LogP contribution in [-0.4, -0.2) is 38.1 Å². The second kappa shape index (κ2) is 11.5. The lowest BCUT2D eigenvalue weighted by atomic mass is 10.1. The number of carbonyl (C=O) groups excluding carboxylic acids is 3. The van der Waals surface area contributed by atoms with Crippen molar-refractivity contribution in [3.8, 4) is 11.5 Å². The van der Waals surface area contributed by atoms with Gasteiger partial charge in [0.2, 0.25) is 0 Å². The number of thiophene rings is 1. The van der Waals surface area contributed by atoms with Crippen LogP contribution in [0, 0.1) is 6.92 Å². The van der Waals surface area contributed by atoms with Gasteiger partial charge in [0.05, 0.1) is 24.2 Å². The number of methoxy groups -OCH3 is 1. The van der Waals surface area contributed by atoms with Gasteiger partial charge in [-0.25, -0.2) is 4.79 Å². The number of ether oxygens (including phenoxy) is 3. The van der Waals surface area contributed by atoms with E-state index in [2.05, 4.69) is 10.6 Å². The molecule has 0 unspecified atom stereocenters. The SMILES string of the molecule is CCOC(=O)c1c(NC(=O)COc2ccc(OC)cc2)sc(C(=O)Nc2ccc(Cl)cc2)c1C. The minimum absolute atomic E-state index is 0.130. The number of benzene rings is 2. The normalized spacial score (nSPS) is 10.4. The number of hydrogen-bond donors (Lipinski definition) is 2. The molecule has 0 spiro atoms. The molecule has 34 heavy (non-hydrogen) atoms. The fraction of sp³-hybridized carbons (Fsp3) is 0.208. The average Bonchev–Trinajstić information content (AvgIpc) is 3.15. The number of nitrogens with one attached hydrogen (secondary N) is 2. The molecule has 3 aromatic rings. The van der Waals surface area contributed by atoms with E-state index in [1.54, 1.807) is 69.5 Å². The van der Waals surface area contributed by atoms with Gasteiger partial charge < -0.3 is 24.8 Å². The molecule has 2 aromatic carbocycles. The second-order valence-corrected chi connectivity index (χ2v) is 8.41. The lowest BCUT2D eigenvalue weighted by Crippen LogP contribution is -2.21. The van der Waals surface area contributed by atoms with Crippen LogP contribution in [0.3, 0.4) is 0 Å². The lowest BCUT2D eigenvalue weighted by molar-refractivity contribution is -0.118. The van der Waals surface area contributed by atoms with Crippen LogP contribution in [0.1, 0.15) is 32.5 Å². The van der Waals surface area contributed by atoms with Crippen molar-refractivity contribution in [3.63, 3.8) is 0 Å². The molecule has 0 aliphatic carbocycles. The van der Waals surface area contributed by atoms with E-state index in [1.165, 1.54) is 0 Å². The van der Waals surface area contributed by atoms with E-state index < -0.39 is 17.8 Å². The molecule has 0 radical (unpaired) electrons. The zero-order chi connectivity index (χ0) is 24.7. The number of rotatable bonds is 9. The Labute approximate surface area is 205 Å². The van der Waals surface area contributed by atoms with Crippen LogP contribution in [0.15, 0.2) is 48.5 Å². The third kappa shape index (κ3) is 6.27. The van der Waals surface area contributed by atoms with Crippen LogP contribution in [0.5, 0.6) is 11.5 Å². The molecule has 3 rings (SSSR count). The molecule has 0 saturated heterocycles. The van der Waals surface area contributed by atoms with Gasteiger partial charge in [0, 0.05) is 10.7 Å². The van der Waals surface area contributed by atoms with Gasteiger partial charge in [-0.3, -0.25) is 9.59 Å². The molecule has 2 amide bonds. The monoisotopic (exact) mass is 502 g/mol. The van der Waals surface area contributed by atoms with Crippen LogP contribution >= 0.6 is 22.9 Å². The molecule has 1 heterocycles. The van der Waals surface area contributed by atoms with Gasteiger partial charge in [0.25, 0.3) is 11.8 Å². The summed E-state index contributed by atoms with van der Waals surface area (Å²) in [6.07, 6.45) is 0. The summed E-state index contributed by atoms with van der Waals surface area (Å²) >= 11 is 6.87. The topological polar surface area (TPSA) is 103 Å². The predicted molar refractivity (Wildman–Crippen MR) is 132 cm³/mol. The zero-order valence-corrected chi connectivity index (χ0v) is 20.3. The first-order chi connectivity index (χ1) is 16.3. The molecule has 1 aromatic heterocycles. The molecular formula is C24H23ClN2O6S. The molecule has 0 fully saturated rings. The first kappa shape index (κ1) is 25.1. The van der Waals surface area contributed by atoms with E-state index in [0.29, 0.717) is 27.8 Å². The third-order valence-corrected chi connectivity index (χ3v) is 6.07. The molecule has 0 aliphatic heterocycles. The highest BCUT2D eigenvalue weighted by Gasteiger charge is 2.27. The molecule has 178 valence electrons. The first-order valence-electron chi connectivity index (χ1n) is 10.3. The van der Waals surface area contributed by atoms with Crippen molar-refractivity contribution in [3.05, 3.63) is 69.6 Å². The number of halogens is 1. The first-order valence-corrected chi connectivity index (χ1v) is 11.5. The van der Waals surface area contributed by atoms with Crippen molar-refractivity contribution in [2.45, 2.75) is 13.8 Å². The van der Waals surface area contributed by atoms with Crippen LogP contribution in [-0.2, 0) is 9.53 Å². The van der Waals surface area contributed by atoms with Crippen molar-refractivity contribution >= 4 is 51.4 Å². The van der Waals surface area contributed by atoms with Crippen molar-refractivity contribution < 1.29 is 28.6 Å². The molecule has 10 heteroatoms. The minimum atomic E-state index is -0.631. The van der Waals surface area contributed by atoms with Crippen LogP contribution in [0.2, 0.25) is 5.02 Å². The Morgan fingerprint density at radius 2 is 1.62 bits per heavy atom. The number of amides is 2. The molecular weight excluding hydrogens is 480 g/mol. The van der Waals surface area contributed by atoms with Gasteiger partial charge in [0.1, 0.15) is 16.5 Å². The number of hydrogen-bond acceptors (Lipinski definition) is 7. The molecule has 8 nitrogen and oxygen atoms in total. The standard InChI is InChI=1S/C24H23ClN2O6S/c1-4-32-24(30)20-14(2)21(22(29)26-16-7-5-15(25)6-8-16)34-23(20)27-19(28)13-33-18-11-9-17(31-3)10-12-18/h5-12H,4,13H2,1-3H3,(H,26,29)(H,27,28). The summed E-state index contributed by atoms with van der Waals surface area (Å²) < 4.78 is 15.7. The highest BCUT2D eigenvalue weighted by atomic mass is 35.5. The van der Waals surface area contributed by atoms with Gasteiger partial charge in [0.15, 0.2) is 6.61 Å². The second-order valence-electron chi connectivity index (χ2n) is 6.95. The highest BCUT2D eigenvalue weighted by Crippen LogP contribution is 2.34. The summed E-state index contributed by atoms with van der Waals surface area (Å²) in [5.41, 5.74) is 1.07. The maximum atomic E-state index is 12.9. The predicted octanol–water partition coefficient (Wildman–Crippen LogP) is 5.17. The third-order valence-electron chi connectivity index (χ3n) is 4.62.